The van der Waals surface area contributed by atoms with Gasteiger partial charge in [-0.05, 0) is 36.8 Å². The van der Waals surface area contributed by atoms with Gasteiger partial charge < -0.3 is 9.84 Å². The van der Waals surface area contributed by atoms with E-state index >= 15 is 0 Å². The van der Waals surface area contributed by atoms with Crippen LogP contribution in [-0.2, 0) is 4.79 Å². The molecule has 22 heavy (non-hydrogen) atoms. The average Bonchev–Trinajstić information content (AvgIpc) is 2.49. The first-order chi connectivity index (χ1) is 10.6. The summed E-state index contributed by atoms with van der Waals surface area (Å²) in [6.07, 6.45) is 1.37. The molecular formula is C16H15ClN2O3. The second-order valence-electron chi connectivity index (χ2n) is 4.55. The van der Waals surface area contributed by atoms with E-state index in [1.165, 1.54) is 6.21 Å². The summed E-state index contributed by atoms with van der Waals surface area (Å²) in [6, 6.07) is 12.0. The molecule has 2 rings (SSSR count). The molecule has 0 aromatic heterocycles. The molecule has 0 heterocycles. The fourth-order valence-corrected chi connectivity index (χ4v) is 1.88. The summed E-state index contributed by atoms with van der Waals surface area (Å²) >= 11 is 5.81. The molecule has 0 saturated heterocycles. The number of nitrogens with zero attached hydrogens (tertiary/aromatic N) is 1. The molecule has 2 aromatic carbocycles. The maximum atomic E-state index is 11.6. The third-order valence-electron chi connectivity index (χ3n) is 2.83. The largest absolute Gasteiger partial charge is 0.507 e. The molecule has 114 valence electrons. The number of hydrazone groups is 1. The molecule has 0 saturated carbocycles. The lowest BCUT2D eigenvalue weighted by molar-refractivity contribution is -0.123. The molecule has 0 aliphatic heterocycles. The van der Waals surface area contributed by atoms with Crippen molar-refractivity contribution in [2.24, 2.45) is 5.10 Å². The lowest BCUT2D eigenvalue weighted by Crippen LogP contribution is -2.24. The van der Waals surface area contributed by atoms with Crippen molar-refractivity contribution in [3.63, 3.8) is 0 Å². The van der Waals surface area contributed by atoms with Gasteiger partial charge in [-0.25, -0.2) is 5.43 Å². The van der Waals surface area contributed by atoms with Gasteiger partial charge in [0.25, 0.3) is 5.91 Å². The Labute approximate surface area is 133 Å². The number of rotatable bonds is 5. The van der Waals surface area contributed by atoms with Gasteiger partial charge in [0.05, 0.1) is 6.21 Å². The van der Waals surface area contributed by atoms with Crippen LogP contribution in [0.5, 0.6) is 11.5 Å². The Morgan fingerprint density at radius 3 is 2.91 bits per heavy atom. The van der Waals surface area contributed by atoms with E-state index in [2.05, 4.69) is 10.5 Å². The average molecular weight is 319 g/mol. The second-order valence-corrected chi connectivity index (χ2v) is 4.99. The SMILES string of the molecule is Cc1cccc(/C=N\NC(=O)COc2cccc(Cl)c2)c1O. The Hall–Kier alpha value is -2.53. The zero-order chi connectivity index (χ0) is 15.9. The molecule has 0 aliphatic carbocycles. The molecule has 5 nitrogen and oxygen atoms in total. The number of phenolic OH excluding ortho intramolecular Hbond substituents is 1. The van der Waals surface area contributed by atoms with Crippen LogP contribution in [0.3, 0.4) is 0 Å². The van der Waals surface area contributed by atoms with Crippen molar-refractivity contribution >= 4 is 23.7 Å². The van der Waals surface area contributed by atoms with E-state index in [1.54, 1.807) is 49.4 Å². The van der Waals surface area contributed by atoms with E-state index in [-0.39, 0.29) is 12.4 Å². The number of aromatic hydroxyl groups is 1. The molecule has 2 N–H and O–H groups in total. The van der Waals surface area contributed by atoms with Crippen LogP contribution in [0.15, 0.2) is 47.6 Å². The van der Waals surface area contributed by atoms with E-state index in [1.807, 2.05) is 0 Å². The van der Waals surface area contributed by atoms with Gasteiger partial charge in [0, 0.05) is 10.6 Å². The minimum atomic E-state index is -0.414. The maximum absolute atomic E-state index is 11.6. The highest BCUT2D eigenvalue weighted by Crippen LogP contribution is 2.19. The molecule has 0 bridgehead atoms. The van der Waals surface area contributed by atoms with E-state index in [4.69, 9.17) is 16.3 Å². The highest BCUT2D eigenvalue weighted by atomic mass is 35.5. The molecule has 2 aromatic rings. The number of carbonyl (C=O) groups is 1. The van der Waals surface area contributed by atoms with Crippen molar-refractivity contribution in [1.82, 2.24) is 5.43 Å². The van der Waals surface area contributed by atoms with Crippen LogP contribution in [0, 0.1) is 6.92 Å². The quantitative estimate of drug-likeness (QED) is 0.658. The van der Waals surface area contributed by atoms with E-state index in [9.17, 15) is 9.90 Å². The predicted molar refractivity (Wildman–Crippen MR) is 85.5 cm³/mol. The number of para-hydroxylation sites is 1. The molecule has 0 fully saturated rings. The van der Waals surface area contributed by atoms with E-state index in [0.717, 1.165) is 5.56 Å². The number of benzene rings is 2. The summed E-state index contributed by atoms with van der Waals surface area (Å²) in [5.74, 6) is 0.224. The number of hydrogen-bond acceptors (Lipinski definition) is 4. The van der Waals surface area contributed by atoms with Crippen LogP contribution in [0.1, 0.15) is 11.1 Å². The van der Waals surface area contributed by atoms with E-state index < -0.39 is 5.91 Å². The number of aryl methyl sites for hydroxylation is 1. The monoisotopic (exact) mass is 318 g/mol. The minimum absolute atomic E-state index is 0.135. The van der Waals surface area contributed by atoms with Gasteiger partial charge in [0.15, 0.2) is 6.61 Å². The smallest absolute Gasteiger partial charge is 0.277 e. The second kappa shape index (κ2) is 7.47. The third-order valence-corrected chi connectivity index (χ3v) is 3.06. The summed E-state index contributed by atoms with van der Waals surface area (Å²) in [5, 5.41) is 14.1. The molecule has 0 radical (unpaired) electrons. The zero-order valence-electron chi connectivity index (χ0n) is 11.9. The topological polar surface area (TPSA) is 70.9 Å². The standard InChI is InChI=1S/C16H15ClN2O3/c1-11-4-2-5-12(16(11)21)9-18-19-15(20)10-22-14-7-3-6-13(17)8-14/h2-9,21H,10H2,1H3,(H,19,20)/b18-9-. The van der Waals surface area contributed by atoms with Gasteiger partial charge in [0.1, 0.15) is 11.5 Å². The fraction of sp³-hybridized carbons (Fsp3) is 0.125. The van der Waals surface area contributed by atoms with Crippen molar-refractivity contribution in [1.29, 1.82) is 0 Å². The number of halogens is 1. The number of nitrogens with one attached hydrogen (secondary N) is 1. The van der Waals surface area contributed by atoms with Crippen molar-refractivity contribution < 1.29 is 14.6 Å². The number of carbonyl (C=O) groups excluding carboxylic acids is 1. The van der Waals surface area contributed by atoms with Gasteiger partial charge in [-0.2, -0.15) is 5.10 Å². The number of ether oxygens (including phenoxy) is 1. The summed E-state index contributed by atoms with van der Waals surface area (Å²) in [4.78, 5) is 11.6. The van der Waals surface area contributed by atoms with Crippen LogP contribution in [0.2, 0.25) is 5.02 Å². The van der Waals surface area contributed by atoms with Crippen molar-refractivity contribution in [2.45, 2.75) is 6.92 Å². The maximum Gasteiger partial charge on any atom is 0.277 e. The summed E-state index contributed by atoms with van der Waals surface area (Å²) in [7, 11) is 0. The molecule has 0 spiro atoms. The van der Waals surface area contributed by atoms with Gasteiger partial charge >= 0.3 is 0 Å². The van der Waals surface area contributed by atoms with Crippen molar-refractivity contribution in [3.05, 3.63) is 58.6 Å². The molecule has 6 heteroatoms. The predicted octanol–water partition coefficient (Wildman–Crippen LogP) is 2.88. The Bertz CT molecular complexity index is 702. The van der Waals surface area contributed by atoms with Crippen LogP contribution >= 0.6 is 11.6 Å². The minimum Gasteiger partial charge on any atom is -0.507 e. The summed E-state index contributed by atoms with van der Waals surface area (Å²) in [5.41, 5.74) is 3.58. The van der Waals surface area contributed by atoms with Gasteiger partial charge in [-0.1, -0.05) is 29.8 Å². The fourth-order valence-electron chi connectivity index (χ4n) is 1.70. The zero-order valence-corrected chi connectivity index (χ0v) is 12.7. The molecule has 0 atom stereocenters. The molecule has 0 unspecified atom stereocenters. The van der Waals surface area contributed by atoms with E-state index in [0.29, 0.717) is 16.3 Å². The normalized spacial score (nSPS) is 10.6. The Morgan fingerprint density at radius 2 is 2.14 bits per heavy atom. The Morgan fingerprint density at radius 1 is 1.36 bits per heavy atom. The number of amides is 1. The Kier molecular flexibility index (Phi) is 5.38. The summed E-state index contributed by atoms with van der Waals surface area (Å²) < 4.78 is 5.27. The number of phenols is 1. The van der Waals surface area contributed by atoms with Crippen LogP contribution < -0.4 is 10.2 Å². The van der Waals surface area contributed by atoms with Crippen LogP contribution in [0.25, 0.3) is 0 Å². The summed E-state index contributed by atoms with van der Waals surface area (Å²) in [6.45, 7) is 1.60. The molecular weight excluding hydrogens is 304 g/mol. The lowest BCUT2D eigenvalue weighted by Gasteiger charge is -2.05. The Balaban J connectivity index is 1.85. The number of hydrogen-bond donors (Lipinski definition) is 2. The van der Waals surface area contributed by atoms with Gasteiger partial charge in [0.2, 0.25) is 0 Å². The first kappa shape index (κ1) is 15.9. The van der Waals surface area contributed by atoms with Crippen molar-refractivity contribution in [2.75, 3.05) is 6.61 Å². The van der Waals surface area contributed by atoms with Crippen LogP contribution in [0.4, 0.5) is 0 Å². The van der Waals surface area contributed by atoms with Crippen molar-refractivity contribution in [3.8, 4) is 11.5 Å². The van der Waals surface area contributed by atoms with Gasteiger partial charge in [-0.3, -0.25) is 4.79 Å². The first-order valence-electron chi connectivity index (χ1n) is 6.55. The molecule has 1 amide bonds. The first-order valence-corrected chi connectivity index (χ1v) is 6.93. The van der Waals surface area contributed by atoms with Crippen LogP contribution in [-0.4, -0.2) is 23.8 Å². The molecule has 0 aliphatic rings. The highest BCUT2D eigenvalue weighted by Gasteiger charge is 2.03. The van der Waals surface area contributed by atoms with Gasteiger partial charge in [-0.15, -0.1) is 0 Å². The highest BCUT2D eigenvalue weighted by molar-refractivity contribution is 6.30. The third kappa shape index (κ3) is 4.49. The lowest BCUT2D eigenvalue weighted by atomic mass is 10.1.